The fourth-order valence-electron chi connectivity index (χ4n) is 1.63. The Morgan fingerprint density at radius 3 is 2.47 bits per heavy atom. The predicted octanol–water partition coefficient (Wildman–Crippen LogP) is 1.20. The SMILES string of the molecule is CC/C(=N/NC(=O)C(=O)NC1CC1)c1ccccc1. The minimum Gasteiger partial charge on any atom is -0.345 e. The van der Waals surface area contributed by atoms with Crippen molar-refractivity contribution in [3.05, 3.63) is 35.9 Å². The summed E-state index contributed by atoms with van der Waals surface area (Å²) in [7, 11) is 0. The minimum atomic E-state index is -0.714. The molecule has 0 heterocycles. The summed E-state index contributed by atoms with van der Waals surface area (Å²) < 4.78 is 0. The van der Waals surface area contributed by atoms with E-state index in [4.69, 9.17) is 0 Å². The molecule has 0 unspecified atom stereocenters. The van der Waals surface area contributed by atoms with E-state index in [-0.39, 0.29) is 6.04 Å². The number of benzene rings is 1. The number of amides is 2. The van der Waals surface area contributed by atoms with Crippen molar-refractivity contribution in [3.8, 4) is 0 Å². The van der Waals surface area contributed by atoms with E-state index in [2.05, 4.69) is 15.8 Å². The van der Waals surface area contributed by atoms with Gasteiger partial charge in [-0.15, -0.1) is 0 Å². The highest BCUT2D eigenvalue weighted by molar-refractivity contribution is 6.35. The minimum absolute atomic E-state index is 0.169. The van der Waals surface area contributed by atoms with Gasteiger partial charge in [-0.1, -0.05) is 37.3 Å². The van der Waals surface area contributed by atoms with Gasteiger partial charge in [-0.05, 0) is 24.8 Å². The van der Waals surface area contributed by atoms with Crippen molar-refractivity contribution in [1.29, 1.82) is 0 Å². The molecule has 2 rings (SSSR count). The van der Waals surface area contributed by atoms with Crippen LogP contribution in [0.4, 0.5) is 0 Å². The van der Waals surface area contributed by atoms with Gasteiger partial charge in [-0.2, -0.15) is 5.10 Å². The molecule has 1 fully saturated rings. The molecule has 0 radical (unpaired) electrons. The Labute approximate surface area is 112 Å². The first kappa shape index (κ1) is 13.3. The Morgan fingerprint density at radius 1 is 1.21 bits per heavy atom. The molecule has 1 aliphatic rings. The van der Waals surface area contributed by atoms with Gasteiger partial charge in [-0.25, -0.2) is 5.43 Å². The van der Waals surface area contributed by atoms with Crippen molar-refractivity contribution in [2.75, 3.05) is 0 Å². The zero-order chi connectivity index (χ0) is 13.7. The molecule has 1 saturated carbocycles. The lowest BCUT2D eigenvalue weighted by Gasteiger charge is -2.05. The van der Waals surface area contributed by atoms with Gasteiger partial charge in [-0.3, -0.25) is 9.59 Å². The maximum Gasteiger partial charge on any atom is 0.329 e. The van der Waals surface area contributed by atoms with Crippen LogP contribution in [0.15, 0.2) is 35.4 Å². The second-order valence-electron chi connectivity index (χ2n) is 4.47. The van der Waals surface area contributed by atoms with Crippen LogP contribution in [0.3, 0.4) is 0 Å². The smallest absolute Gasteiger partial charge is 0.329 e. The van der Waals surface area contributed by atoms with Crippen molar-refractivity contribution in [3.63, 3.8) is 0 Å². The molecule has 5 nitrogen and oxygen atoms in total. The highest BCUT2D eigenvalue weighted by Crippen LogP contribution is 2.18. The Kier molecular flexibility index (Phi) is 4.28. The van der Waals surface area contributed by atoms with E-state index in [1.807, 2.05) is 37.3 Å². The molecule has 0 aromatic heterocycles. The van der Waals surface area contributed by atoms with Crippen molar-refractivity contribution in [2.24, 2.45) is 5.10 Å². The first-order valence-electron chi connectivity index (χ1n) is 6.43. The molecule has 0 aliphatic heterocycles. The molecule has 5 heteroatoms. The number of carbonyl (C=O) groups excluding carboxylic acids is 2. The Morgan fingerprint density at radius 2 is 1.89 bits per heavy atom. The topological polar surface area (TPSA) is 70.6 Å². The predicted molar refractivity (Wildman–Crippen MR) is 72.6 cm³/mol. The van der Waals surface area contributed by atoms with Gasteiger partial charge in [0, 0.05) is 6.04 Å². The van der Waals surface area contributed by atoms with E-state index < -0.39 is 11.8 Å². The van der Waals surface area contributed by atoms with Gasteiger partial charge in [0.05, 0.1) is 5.71 Å². The summed E-state index contributed by atoms with van der Waals surface area (Å²) in [6.45, 7) is 1.95. The standard InChI is InChI=1S/C14H17N3O2/c1-2-12(10-6-4-3-5-7-10)16-17-14(19)13(18)15-11-8-9-11/h3-7,11H,2,8-9H2,1H3,(H,15,18)(H,17,19)/b16-12-. The summed E-state index contributed by atoms with van der Waals surface area (Å²) in [5.41, 5.74) is 3.98. The van der Waals surface area contributed by atoms with Crippen molar-refractivity contribution < 1.29 is 9.59 Å². The molecule has 100 valence electrons. The third-order valence-corrected chi connectivity index (χ3v) is 2.85. The fourth-order valence-corrected chi connectivity index (χ4v) is 1.63. The number of hydrazone groups is 1. The van der Waals surface area contributed by atoms with Gasteiger partial charge in [0.15, 0.2) is 0 Å². The summed E-state index contributed by atoms with van der Waals surface area (Å²) in [4.78, 5) is 23.0. The quantitative estimate of drug-likeness (QED) is 0.484. The maximum atomic E-state index is 11.5. The van der Waals surface area contributed by atoms with Crippen LogP contribution in [0, 0.1) is 0 Å². The molecule has 1 aromatic rings. The normalized spacial score (nSPS) is 14.9. The van der Waals surface area contributed by atoms with Gasteiger partial charge in [0.25, 0.3) is 0 Å². The highest BCUT2D eigenvalue weighted by atomic mass is 16.2. The summed E-state index contributed by atoms with van der Waals surface area (Å²) in [5.74, 6) is -1.33. The third kappa shape index (κ3) is 3.91. The highest BCUT2D eigenvalue weighted by Gasteiger charge is 2.26. The van der Waals surface area contributed by atoms with Crippen LogP contribution in [0.25, 0.3) is 0 Å². The number of hydrogen-bond acceptors (Lipinski definition) is 3. The lowest BCUT2D eigenvalue weighted by atomic mass is 10.1. The molecular weight excluding hydrogens is 242 g/mol. The fraction of sp³-hybridized carbons (Fsp3) is 0.357. The van der Waals surface area contributed by atoms with E-state index in [9.17, 15) is 9.59 Å². The molecule has 2 amide bonds. The Hall–Kier alpha value is -2.17. The summed E-state index contributed by atoms with van der Waals surface area (Å²) in [6, 6.07) is 9.72. The Balaban J connectivity index is 1.95. The monoisotopic (exact) mass is 259 g/mol. The van der Waals surface area contributed by atoms with E-state index in [1.54, 1.807) is 0 Å². The van der Waals surface area contributed by atoms with E-state index in [0.29, 0.717) is 6.42 Å². The van der Waals surface area contributed by atoms with Gasteiger partial charge < -0.3 is 5.32 Å². The zero-order valence-electron chi connectivity index (χ0n) is 10.8. The van der Waals surface area contributed by atoms with Crippen LogP contribution in [0.1, 0.15) is 31.7 Å². The second-order valence-corrected chi connectivity index (χ2v) is 4.47. The molecule has 0 spiro atoms. The van der Waals surface area contributed by atoms with Crippen LogP contribution in [-0.2, 0) is 9.59 Å². The number of carbonyl (C=O) groups is 2. The average molecular weight is 259 g/mol. The van der Waals surface area contributed by atoms with Crippen molar-refractivity contribution in [1.82, 2.24) is 10.7 Å². The van der Waals surface area contributed by atoms with Gasteiger partial charge in [0.2, 0.25) is 0 Å². The van der Waals surface area contributed by atoms with E-state index >= 15 is 0 Å². The van der Waals surface area contributed by atoms with E-state index in [0.717, 1.165) is 24.1 Å². The largest absolute Gasteiger partial charge is 0.345 e. The van der Waals surface area contributed by atoms with Gasteiger partial charge >= 0.3 is 11.8 Å². The molecule has 2 N–H and O–H groups in total. The molecular formula is C14H17N3O2. The molecule has 1 aromatic carbocycles. The summed E-state index contributed by atoms with van der Waals surface area (Å²) in [5, 5.41) is 6.63. The third-order valence-electron chi connectivity index (χ3n) is 2.85. The zero-order valence-corrected chi connectivity index (χ0v) is 10.8. The molecule has 19 heavy (non-hydrogen) atoms. The van der Waals surface area contributed by atoms with Gasteiger partial charge in [0.1, 0.15) is 0 Å². The number of nitrogens with zero attached hydrogens (tertiary/aromatic N) is 1. The van der Waals surface area contributed by atoms with E-state index in [1.165, 1.54) is 0 Å². The average Bonchev–Trinajstić information content (AvgIpc) is 3.24. The number of hydrogen-bond donors (Lipinski definition) is 2. The molecule has 0 atom stereocenters. The second kappa shape index (κ2) is 6.13. The van der Waals surface area contributed by atoms with Crippen molar-refractivity contribution >= 4 is 17.5 Å². The number of nitrogens with one attached hydrogen (secondary N) is 2. The number of rotatable bonds is 4. The molecule has 0 bridgehead atoms. The molecule has 1 aliphatic carbocycles. The van der Waals surface area contributed by atoms with Crippen LogP contribution < -0.4 is 10.7 Å². The summed E-state index contributed by atoms with van der Waals surface area (Å²) in [6.07, 6.45) is 2.58. The van der Waals surface area contributed by atoms with Crippen LogP contribution in [0.5, 0.6) is 0 Å². The van der Waals surface area contributed by atoms with Crippen LogP contribution in [0.2, 0.25) is 0 Å². The lowest BCUT2D eigenvalue weighted by Crippen LogP contribution is -2.39. The van der Waals surface area contributed by atoms with Crippen LogP contribution >= 0.6 is 0 Å². The maximum absolute atomic E-state index is 11.5. The first-order valence-corrected chi connectivity index (χ1v) is 6.43. The van der Waals surface area contributed by atoms with Crippen LogP contribution in [-0.4, -0.2) is 23.6 Å². The molecule has 0 saturated heterocycles. The summed E-state index contributed by atoms with van der Waals surface area (Å²) >= 11 is 0. The first-order chi connectivity index (χ1) is 9.20. The Bertz CT molecular complexity index is 493. The van der Waals surface area contributed by atoms with Crippen molar-refractivity contribution in [2.45, 2.75) is 32.2 Å². The lowest BCUT2D eigenvalue weighted by molar-refractivity contribution is -0.139.